The van der Waals surface area contributed by atoms with E-state index in [0.29, 0.717) is 18.7 Å². The molecule has 180 valence electrons. The van der Waals surface area contributed by atoms with Crippen LogP contribution in [0.3, 0.4) is 0 Å². The molecule has 1 fully saturated rings. The third-order valence-corrected chi connectivity index (χ3v) is 7.22. The number of hydrogen-bond acceptors (Lipinski definition) is 4. The van der Waals surface area contributed by atoms with Crippen LogP contribution in [0.15, 0.2) is 51.1 Å². The average Bonchev–Trinajstić information content (AvgIpc) is 3.15. The SMILES string of the molecule is CC1C(C2(C(F)(F)F)CC(c3ccc(C4(O)CNC4)cc3)=NO2)=CC(Cl)=C(Cl)C1C(F)(F)F. The smallest absolute Gasteiger partial charge is 0.382 e. The van der Waals surface area contributed by atoms with Crippen LogP contribution in [0.2, 0.25) is 0 Å². The number of benzene rings is 1. The molecule has 0 radical (unpaired) electrons. The van der Waals surface area contributed by atoms with E-state index in [-0.39, 0.29) is 11.3 Å². The van der Waals surface area contributed by atoms with Crippen LogP contribution >= 0.6 is 23.2 Å². The van der Waals surface area contributed by atoms with Crippen molar-refractivity contribution < 1.29 is 36.3 Å². The quantitative estimate of drug-likeness (QED) is 0.535. The van der Waals surface area contributed by atoms with Crippen molar-refractivity contribution in [2.75, 3.05) is 13.1 Å². The Balaban J connectivity index is 1.69. The Morgan fingerprint density at radius 3 is 2.18 bits per heavy atom. The van der Waals surface area contributed by atoms with Gasteiger partial charge in [0.25, 0.3) is 5.60 Å². The molecule has 0 spiro atoms. The lowest BCUT2D eigenvalue weighted by Crippen LogP contribution is -2.56. The average molecular weight is 515 g/mol. The Morgan fingerprint density at radius 2 is 1.70 bits per heavy atom. The Kier molecular flexibility index (Phi) is 5.83. The zero-order valence-electron chi connectivity index (χ0n) is 17.0. The zero-order chi connectivity index (χ0) is 24.4. The van der Waals surface area contributed by atoms with E-state index in [1.54, 1.807) is 12.1 Å². The standard InChI is InChI=1S/C21H18Cl2F6N2O2/c1-10-13(6-14(22)17(23)16(10)20(24,25)26)19(21(27,28)29)7-15(31-33-19)11-2-4-12(5-3-11)18(32)8-30-9-18/h2-6,10,16,30,32H,7-9H2,1H3. The third-order valence-electron chi connectivity index (χ3n) is 6.37. The van der Waals surface area contributed by atoms with Gasteiger partial charge < -0.3 is 15.3 Å². The highest BCUT2D eigenvalue weighted by molar-refractivity contribution is 6.40. The molecule has 4 rings (SSSR count). The van der Waals surface area contributed by atoms with Gasteiger partial charge in [-0.25, -0.2) is 0 Å². The number of allylic oxidation sites excluding steroid dienone is 3. The summed E-state index contributed by atoms with van der Waals surface area (Å²) in [6.45, 7) is 1.69. The van der Waals surface area contributed by atoms with Crippen LogP contribution in [-0.4, -0.2) is 41.9 Å². The molecule has 0 amide bonds. The lowest BCUT2D eigenvalue weighted by molar-refractivity contribution is -0.258. The summed E-state index contributed by atoms with van der Waals surface area (Å²) in [6, 6.07) is 6.10. The fourth-order valence-corrected chi connectivity index (χ4v) is 5.00. The van der Waals surface area contributed by atoms with Crippen molar-refractivity contribution in [2.45, 2.75) is 36.9 Å². The van der Waals surface area contributed by atoms with Crippen molar-refractivity contribution in [3.8, 4) is 0 Å². The van der Waals surface area contributed by atoms with Gasteiger partial charge in [0.05, 0.1) is 16.7 Å². The lowest BCUT2D eigenvalue weighted by Gasteiger charge is -2.39. The van der Waals surface area contributed by atoms with Crippen LogP contribution < -0.4 is 5.32 Å². The van der Waals surface area contributed by atoms with Crippen molar-refractivity contribution in [1.29, 1.82) is 0 Å². The number of aliphatic hydroxyl groups is 1. The Hall–Kier alpha value is -1.75. The lowest BCUT2D eigenvalue weighted by atomic mass is 9.72. The highest BCUT2D eigenvalue weighted by atomic mass is 35.5. The minimum atomic E-state index is -5.10. The number of β-amino-alcohol motifs (C(OH)–C–C–N with tert-alkyl or cyclic N) is 1. The molecule has 33 heavy (non-hydrogen) atoms. The maximum atomic E-state index is 14.3. The van der Waals surface area contributed by atoms with E-state index in [1.165, 1.54) is 12.1 Å². The fourth-order valence-electron chi connectivity index (χ4n) is 4.39. The summed E-state index contributed by atoms with van der Waals surface area (Å²) in [5, 5.41) is 15.5. The number of hydrogen-bond donors (Lipinski definition) is 2. The van der Waals surface area contributed by atoms with Crippen molar-refractivity contribution in [1.82, 2.24) is 5.32 Å². The second kappa shape index (κ2) is 7.90. The van der Waals surface area contributed by atoms with Crippen molar-refractivity contribution in [3.05, 3.63) is 57.1 Å². The van der Waals surface area contributed by atoms with Gasteiger partial charge in [-0.05, 0) is 28.7 Å². The molecule has 2 heterocycles. The van der Waals surface area contributed by atoms with E-state index >= 15 is 0 Å². The van der Waals surface area contributed by atoms with Gasteiger partial charge in [0.15, 0.2) is 0 Å². The Labute approximate surface area is 194 Å². The number of nitrogens with zero attached hydrogens (tertiary/aromatic N) is 1. The van der Waals surface area contributed by atoms with E-state index in [4.69, 9.17) is 28.0 Å². The molecule has 1 saturated heterocycles. The maximum Gasteiger partial charge on any atom is 0.435 e. The van der Waals surface area contributed by atoms with Gasteiger partial charge in [-0.2, -0.15) is 26.3 Å². The van der Waals surface area contributed by atoms with E-state index in [1.807, 2.05) is 0 Å². The summed E-state index contributed by atoms with van der Waals surface area (Å²) in [5.74, 6) is -4.10. The monoisotopic (exact) mass is 514 g/mol. The van der Waals surface area contributed by atoms with Crippen LogP contribution in [0.25, 0.3) is 0 Å². The summed E-state index contributed by atoms with van der Waals surface area (Å²) in [4.78, 5) is 4.90. The first kappa shape index (κ1) is 24.4. The van der Waals surface area contributed by atoms with Gasteiger partial charge >= 0.3 is 12.4 Å². The van der Waals surface area contributed by atoms with Gasteiger partial charge in [-0.3, -0.25) is 0 Å². The van der Waals surface area contributed by atoms with Crippen LogP contribution in [0, 0.1) is 11.8 Å². The molecule has 1 aliphatic carbocycles. The normalized spacial score (nSPS) is 29.9. The van der Waals surface area contributed by atoms with Gasteiger partial charge in [0.2, 0.25) is 0 Å². The summed E-state index contributed by atoms with van der Waals surface area (Å²) in [6.07, 6.45) is -10.1. The van der Waals surface area contributed by atoms with Crippen LogP contribution in [0.1, 0.15) is 24.5 Å². The molecule has 12 heteroatoms. The van der Waals surface area contributed by atoms with E-state index in [2.05, 4.69) is 10.5 Å². The van der Waals surface area contributed by atoms with Gasteiger partial charge in [-0.1, -0.05) is 59.5 Å². The Morgan fingerprint density at radius 1 is 1.09 bits per heavy atom. The molecule has 4 nitrogen and oxygen atoms in total. The predicted molar refractivity (Wildman–Crippen MR) is 110 cm³/mol. The molecule has 3 atom stereocenters. The van der Waals surface area contributed by atoms with Crippen LogP contribution in [-0.2, 0) is 10.4 Å². The van der Waals surface area contributed by atoms with Crippen LogP contribution in [0.5, 0.6) is 0 Å². The molecular formula is C21H18Cl2F6N2O2. The van der Waals surface area contributed by atoms with Crippen molar-refractivity contribution in [2.24, 2.45) is 17.0 Å². The first-order valence-corrected chi connectivity index (χ1v) is 10.6. The van der Waals surface area contributed by atoms with E-state index < -0.39 is 57.4 Å². The minimum absolute atomic E-state index is 0.0916. The second-order valence-corrected chi connectivity index (χ2v) is 9.26. The molecule has 3 aliphatic rings. The molecule has 1 aromatic carbocycles. The van der Waals surface area contributed by atoms with Gasteiger partial charge in [0, 0.05) is 24.5 Å². The zero-order valence-corrected chi connectivity index (χ0v) is 18.5. The molecular weight excluding hydrogens is 497 g/mol. The number of rotatable bonds is 3. The van der Waals surface area contributed by atoms with Gasteiger partial charge in [0.1, 0.15) is 5.60 Å². The summed E-state index contributed by atoms with van der Waals surface area (Å²) < 4.78 is 83.9. The summed E-state index contributed by atoms with van der Waals surface area (Å²) in [5.41, 5.74) is -4.10. The molecule has 2 aliphatic heterocycles. The summed E-state index contributed by atoms with van der Waals surface area (Å²) in [7, 11) is 0. The second-order valence-electron chi connectivity index (χ2n) is 8.45. The first-order chi connectivity index (χ1) is 15.2. The fraction of sp³-hybridized carbons (Fsp3) is 0.476. The number of alkyl halides is 6. The van der Waals surface area contributed by atoms with Crippen LogP contribution in [0.4, 0.5) is 26.3 Å². The number of oxime groups is 1. The minimum Gasteiger partial charge on any atom is -0.382 e. The number of nitrogens with one attached hydrogen (secondary N) is 1. The highest BCUT2D eigenvalue weighted by Crippen LogP contribution is 2.55. The molecule has 3 unspecified atom stereocenters. The maximum absolute atomic E-state index is 14.3. The van der Waals surface area contributed by atoms with Crippen molar-refractivity contribution in [3.63, 3.8) is 0 Å². The highest BCUT2D eigenvalue weighted by Gasteiger charge is 2.66. The molecule has 2 N–H and O–H groups in total. The molecule has 0 aromatic heterocycles. The molecule has 0 bridgehead atoms. The largest absolute Gasteiger partial charge is 0.435 e. The number of halogens is 8. The third kappa shape index (κ3) is 3.94. The summed E-state index contributed by atoms with van der Waals surface area (Å²) >= 11 is 11.6. The molecule has 0 saturated carbocycles. The van der Waals surface area contributed by atoms with E-state index in [0.717, 1.165) is 13.0 Å². The molecule has 1 aromatic rings. The predicted octanol–water partition coefficient (Wildman–Crippen LogP) is 5.35. The topological polar surface area (TPSA) is 53.8 Å². The van der Waals surface area contributed by atoms with E-state index in [9.17, 15) is 31.4 Å². The Bertz CT molecular complexity index is 1040. The first-order valence-electron chi connectivity index (χ1n) is 9.89. The van der Waals surface area contributed by atoms with Gasteiger partial charge in [-0.15, -0.1) is 0 Å². The van der Waals surface area contributed by atoms with Crippen molar-refractivity contribution >= 4 is 28.9 Å².